The summed E-state index contributed by atoms with van der Waals surface area (Å²) in [7, 11) is 0. The van der Waals surface area contributed by atoms with Crippen LogP contribution in [0.2, 0.25) is 0 Å². The molecule has 2 rings (SSSR count). The molecule has 0 saturated heterocycles. The zero-order valence-electron chi connectivity index (χ0n) is 9.72. The highest BCUT2D eigenvalue weighted by Gasteiger charge is 2.08. The van der Waals surface area contributed by atoms with Gasteiger partial charge < -0.3 is 10.1 Å². The number of nitrogens with one attached hydrogen (secondary N) is 1. The second-order valence-corrected chi connectivity index (χ2v) is 6.37. The maximum atomic E-state index is 12.0. The van der Waals surface area contributed by atoms with Gasteiger partial charge in [-0.15, -0.1) is 11.3 Å². The van der Waals surface area contributed by atoms with Gasteiger partial charge in [-0.3, -0.25) is 4.79 Å². The molecule has 1 aromatic carbocycles. The van der Waals surface area contributed by atoms with Crippen LogP contribution in [-0.2, 0) is 0 Å². The molecule has 0 spiro atoms. The van der Waals surface area contributed by atoms with Gasteiger partial charge >= 0.3 is 0 Å². The zero-order chi connectivity index (χ0) is 13.7. The van der Waals surface area contributed by atoms with Gasteiger partial charge in [0.1, 0.15) is 11.8 Å². The van der Waals surface area contributed by atoms with E-state index in [2.05, 4.69) is 27.9 Å². The first kappa shape index (κ1) is 13.8. The first-order valence-electron chi connectivity index (χ1n) is 5.34. The highest BCUT2D eigenvalue weighted by Crippen LogP contribution is 2.20. The Bertz CT molecular complexity index is 634. The molecule has 1 N–H and O–H groups in total. The number of nitrogens with zero attached hydrogens (tertiary/aromatic N) is 1. The van der Waals surface area contributed by atoms with E-state index in [1.54, 1.807) is 24.3 Å². The summed E-state index contributed by atoms with van der Waals surface area (Å²) in [5.41, 5.74) is 1.28. The number of hydrogen-bond donors (Lipinski definition) is 1. The van der Waals surface area contributed by atoms with E-state index in [-0.39, 0.29) is 12.5 Å². The summed E-state index contributed by atoms with van der Waals surface area (Å²) in [5, 5.41) is 13.1. The van der Waals surface area contributed by atoms with Crippen LogP contribution < -0.4 is 10.1 Å². The third-order valence-electron chi connectivity index (χ3n) is 2.22. The fraction of sp³-hybridized carbons (Fsp3) is 0.0769. The van der Waals surface area contributed by atoms with Gasteiger partial charge in [-0.1, -0.05) is 6.07 Å². The van der Waals surface area contributed by atoms with Crippen LogP contribution in [0, 0.1) is 14.2 Å². The molecule has 0 radical (unpaired) electrons. The fourth-order valence-corrected chi connectivity index (χ4v) is 2.74. The Labute approximate surface area is 128 Å². The summed E-state index contributed by atoms with van der Waals surface area (Å²) in [6, 6.07) is 10.7. The van der Waals surface area contributed by atoms with Gasteiger partial charge in [-0.05, 0) is 40.8 Å². The quantitative estimate of drug-likeness (QED) is 0.821. The number of rotatable bonds is 4. The van der Waals surface area contributed by atoms with Crippen LogP contribution in [-0.4, -0.2) is 12.5 Å². The highest BCUT2D eigenvalue weighted by molar-refractivity contribution is 14.1. The van der Waals surface area contributed by atoms with Crippen molar-refractivity contribution in [3.8, 4) is 11.8 Å². The van der Waals surface area contributed by atoms with Crippen molar-refractivity contribution < 1.29 is 9.53 Å². The van der Waals surface area contributed by atoms with E-state index in [1.165, 1.54) is 11.3 Å². The molecule has 2 aromatic rings. The molecule has 0 atom stereocenters. The van der Waals surface area contributed by atoms with Crippen molar-refractivity contribution in [2.45, 2.75) is 0 Å². The monoisotopic (exact) mass is 384 g/mol. The molecular weight excluding hydrogens is 375 g/mol. The maximum absolute atomic E-state index is 12.0. The molecule has 0 aliphatic heterocycles. The highest BCUT2D eigenvalue weighted by atomic mass is 127. The Kier molecular flexibility index (Phi) is 4.76. The number of ether oxygens (including phenoxy) is 1. The summed E-state index contributed by atoms with van der Waals surface area (Å²) in [5.74, 6) is 0.399. The second-order valence-electron chi connectivity index (χ2n) is 3.57. The van der Waals surface area contributed by atoms with Crippen LogP contribution in [0.1, 0.15) is 10.4 Å². The van der Waals surface area contributed by atoms with Gasteiger partial charge in [0.2, 0.25) is 0 Å². The molecule has 0 aliphatic rings. The van der Waals surface area contributed by atoms with E-state index >= 15 is 0 Å². The van der Waals surface area contributed by atoms with Crippen molar-refractivity contribution in [3.05, 3.63) is 44.2 Å². The van der Waals surface area contributed by atoms with Crippen LogP contribution in [0.3, 0.4) is 0 Å². The van der Waals surface area contributed by atoms with Crippen molar-refractivity contribution in [3.63, 3.8) is 0 Å². The normalized spacial score (nSPS) is 9.68. The molecule has 1 amide bonds. The molecule has 96 valence electrons. The molecule has 1 heterocycles. The van der Waals surface area contributed by atoms with Crippen LogP contribution in [0.4, 0.5) is 5.69 Å². The Morgan fingerprint density at radius 2 is 2.32 bits per heavy atom. The Hall–Kier alpha value is -1.59. The Balaban J connectivity index is 2.06. The number of halogens is 1. The third-order valence-corrected chi connectivity index (χ3v) is 4.01. The molecule has 0 saturated carbocycles. The molecule has 6 heteroatoms. The summed E-state index contributed by atoms with van der Waals surface area (Å²) in [6.45, 7) is -0.0138. The fourth-order valence-electron chi connectivity index (χ4n) is 1.41. The molecule has 0 unspecified atom stereocenters. The van der Waals surface area contributed by atoms with Crippen molar-refractivity contribution in [2.75, 3.05) is 11.9 Å². The van der Waals surface area contributed by atoms with E-state index in [4.69, 9.17) is 10.00 Å². The molecule has 0 fully saturated rings. The predicted molar refractivity (Wildman–Crippen MR) is 82.5 cm³/mol. The number of amides is 1. The standard InChI is InChI=1S/C13H9IN2O2S/c14-12-6-9(8-19-12)13(17)16-10-2-1-3-11(7-10)18-5-4-15/h1-3,6-8H,5H2,(H,16,17). The zero-order valence-corrected chi connectivity index (χ0v) is 12.7. The van der Waals surface area contributed by atoms with Gasteiger partial charge in [-0.2, -0.15) is 5.26 Å². The predicted octanol–water partition coefficient (Wildman–Crippen LogP) is 3.51. The number of carbonyl (C=O) groups excluding carboxylic acids is 1. The van der Waals surface area contributed by atoms with E-state index in [9.17, 15) is 4.79 Å². The van der Waals surface area contributed by atoms with Gasteiger partial charge in [0.15, 0.2) is 6.61 Å². The summed E-state index contributed by atoms with van der Waals surface area (Å²) >= 11 is 3.70. The van der Waals surface area contributed by atoms with E-state index in [0.717, 1.165) is 2.88 Å². The van der Waals surface area contributed by atoms with Gasteiger partial charge in [-0.25, -0.2) is 0 Å². The van der Waals surface area contributed by atoms with E-state index in [0.29, 0.717) is 17.0 Å². The van der Waals surface area contributed by atoms with Crippen molar-refractivity contribution in [2.24, 2.45) is 0 Å². The second kappa shape index (κ2) is 6.54. The number of carbonyl (C=O) groups is 1. The minimum atomic E-state index is -0.156. The SMILES string of the molecule is N#CCOc1cccc(NC(=O)c2csc(I)c2)c1. The Morgan fingerprint density at radius 1 is 1.47 bits per heavy atom. The first-order chi connectivity index (χ1) is 9.19. The van der Waals surface area contributed by atoms with E-state index < -0.39 is 0 Å². The smallest absolute Gasteiger partial charge is 0.256 e. The average Bonchev–Trinajstić information content (AvgIpc) is 2.83. The number of hydrogen-bond acceptors (Lipinski definition) is 4. The largest absolute Gasteiger partial charge is 0.479 e. The molecule has 19 heavy (non-hydrogen) atoms. The third kappa shape index (κ3) is 3.94. The Morgan fingerprint density at radius 3 is 3.00 bits per heavy atom. The topological polar surface area (TPSA) is 62.1 Å². The lowest BCUT2D eigenvalue weighted by molar-refractivity contribution is 0.102. The molecule has 0 bridgehead atoms. The number of thiophene rings is 1. The van der Waals surface area contributed by atoms with Gasteiger partial charge in [0.25, 0.3) is 5.91 Å². The van der Waals surface area contributed by atoms with E-state index in [1.807, 2.05) is 17.5 Å². The van der Waals surface area contributed by atoms with Crippen LogP contribution in [0.25, 0.3) is 0 Å². The van der Waals surface area contributed by atoms with Crippen LogP contribution >= 0.6 is 33.9 Å². The lowest BCUT2D eigenvalue weighted by Gasteiger charge is -2.06. The summed E-state index contributed by atoms with van der Waals surface area (Å²) in [6.07, 6.45) is 0. The first-order valence-corrected chi connectivity index (χ1v) is 7.30. The van der Waals surface area contributed by atoms with Gasteiger partial charge in [0, 0.05) is 17.1 Å². The molecule has 1 aromatic heterocycles. The number of nitriles is 1. The minimum Gasteiger partial charge on any atom is -0.479 e. The van der Waals surface area contributed by atoms with Gasteiger partial charge in [0.05, 0.1) is 8.45 Å². The molecule has 0 aliphatic carbocycles. The molecule has 4 nitrogen and oxygen atoms in total. The van der Waals surface area contributed by atoms with Crippen molar-refractivity contribution in [1.29, 1.82) is 5.26 Å². The maximum Gasteiger partial charge on any atom is 0.256 e. The number of benzene rings is 1. The van der Waals surface area contributed by atoms with Crippen LogP contribution in [0.5, 0.6) is 5.75 Å². The summed E-state index contributed by atoms with van der Waals surface area (Å²) in [4.78, 5) is 12.0. The minimum absolute atomic E-state index is 0.0138. The summed E-state index contributed by atoms with van der Waals surface area (Å²) < 4.78 is 6.24. The molecular formula is C13H9IN2O2S. The van der Waals surface area contributed by atoms with Crippen molar-refractivity contribution in [1.82, 2.24) is 0 Å². The number of anilines is 1. The van der Waals surface area contributed by atoms with Crippen LogP contribution in [0.15, 0.2) is 35.7 Å². The lowest BCUT2D eigenvalue weighted by Crippen LogP contribution is -2.10. The lowest BCUT2D eigenvalue weighted by atomic mass is 10.2. The average molecular weight is 384 g/mol. The van der Waals surface area contributed by atoms with Crippen molar-refractivity contribution >= 4 is 45.5 Å².